The van der Waals surface area contributed by atoms with E-state index in [1.54, 1.807) is 0 Å². The van der Waals surface area contributed by atoms with Gasteiger partial charge in [0.05, 0.1) is 11.1 Å². The Hall–Kier alpha value is -0.0600. The summed E-state index contributed by atoms with van der Waals surface area (Å²) in [5, 5.41) is 3.61. The number of benzene rings is 1. The quantitative estimate of drug-likeness (QED) is 0.464. The Kier molecular flexibility index (Phi) is 9.61. The maximum absolute atomic E-state index is 5.76. The van der Waals surface area contributed by atoms with E-state index in [0.717, 1.165) is 21.2 Å². The maximum atomic E-state index is 5.76. The number of hydrogen-bond acceptors (Lipinski definition) is 2. The van der Waals surface area contributed by atoms with E-state index in [2.05, 4.69) is 57.1 Å². The van der Waals surface area contributed by atoms with Crippen molar-refractivity contribution in [1.29, 1.82) is 0 Å². The second kappa shape index (κ2) is 10.6. The average molecular weight is 421 g/mol. The van der Waals surface area contributed by atoms with E-state index >= 15 is 0 Å². The first kappa shape index (κ1) is 19.0. The molecule has 0 saturated heterocycles. The molecular weight excluding hydrogens is 394 g/mol. The first-order valence-corrected chi connectivity index (χ1v) is 9.51. The molecule has 1 N–H and O–H groups in total. The minimum absolute atomic E-state index is 0.536. The molecule has 0 heterocycles. The summed E-state index contributed by atoms with van der Waals surface area (Å²) in [7, 11) is 0. The largest absolute Gasteiger partial charge is 0.492 e. The van der Waals surface area contributed by atoms with Crippen molar-refractivity contribution >= 4 is 31.9 Å². The number of hydrogen-bond donors (Lipinski definition) is 1. The van der Waals surface area contributed by atoms with Crippen molar-refractivity contribution in [3.05, 3.63) is 26.6 Å². The van der Waals surface area contributed by atoms with Crippen LogP contribution in [0.3, 0.4) is 0 Å². The normalized spacial score (nSPS) is 12.4. The summed E-state index contributed by atoms with van der Waals surface area (Å²) in [6.45, 7) is 8.05. The van der Waals surface area contributed by atoms with E-state index in [0.29, 0.717) is 12.6 Å². The van der Waals surface area contributed by atoms with Gasteiger partial charge in [0.25, 0.3) is 0 Å². The Morgan fingerprint density at radius 3 is 2.57 bits per heavy atom. The van der Waals surface area contributed by atoms with Gasteiger partial charge in [-0.3, -0.25) is 0 Å². The summed E-state index contributed by atoms with van der Waals surface area (Å²) in [6.07, 6.45) is 6.53. The van der Waals surface area contributed by atoms with Gasteiger partial charge in [0.1, 0.15) is 5.75 Å². The SMILES string of the molecule is CCCCCCC(C)NCc1cc(Br)cc(Br)c1OCC. The Balaban J connectivity index is 2.53. The zero-order valence-electron chi connectivity index (χ0n) is 13.3. The molecule has 0 spiro atoms. The van der Waals surface area contributed by atoms with E-state index in [1.165, 1.54) is 37.7 Å². The van der Waals surface area contributed by atoms with Gasteiger partial charge in [0, 0.05) is 22.6 Å². The maximum Gasteiger partial charge on any atom is 0.138 e. The highest BCUT2D eigenvalue weighted by atomic mass is 79.9. The zero-order valence-corrected chi connectivity index (χ0v) is 16.5. The van der Waals surface area contributed by atoms with Crippen LogP contribution in [0.5, 0.6) is 5.75 Å². The Morgan fingerprint density at radius 1 is 1.14 bits per heavy atom. The van der Waals surface area contributed by atoms with Gasteiger partial charge >= 0.3 is 0 Å². The molecule has 0 aliphatic heterocycles. The third kappa shape index (κ3) is 7.16. The topological polar surface area (TPSA) is 21.3 Å². The van der Waals surface area contributed by atoms with Crippen molar-refractivity contribution in [2.45, 2.75) is 65.5 Å². The molecule has 0 radical (unpaired) electrons. The van der Waals surface area contributed by atoms with Gasteiger partial charge in [-0.25, -0.2) is 0 Å². The lowest BCUT2D eigenvalue weighted by Gasteiger charge is -2.17. The van der Waals surface area contributed by atoms with Crippen LogP contribution in [0.2, 0.25) is 0 Å². The Bertz CT molecular complexity index is 423. The Labute approximate surface area is 146 Å². The second-order valence-electron chi connectivity index (χ2n) is 5.44. The number of nitrogens with one attached hydrogen (secondary N) is 1. The van der Waals surface area contributed by atoms with Crippen molar-refractivity contribution < 1.29 is 4.74 Å². The number of halogens is 2. The molecule has 1 atom stereocenters. The summed E-state index contributed by atoms with van der Waals surface area (Å²) in [5.41, 5.74) is 1.19. The highest BCUT2D eigenvalue weighted by molar-refractivity contribution is 9.11. The summed E-state index contributed by atoms with van der Waals surface area (Å²) in [4.78, 5) is 0. The van der Waals surface area contributed by atoms with Crippen LogP contribution >= 0.6 is 31.9 Å². The molecule has 1 aromatic rings. The fourth-order valence-corrected chi connectivity index (χ4v) is 3.74. The average Bonchev–Trinajstić information content (AvgIpc) is 2.44. The van der Waals surface area contributed by atoms with Crippen LogP contribution in [0, 0.1) is 0 Å². The van der Waals surface area contributed by atoms with Crippen LogP contribution < -0.4 is 10.1 Å². The van der Waals surface area contributed by atoms with E-state index < -0.39 is 0 Å². The smallest absolute Gasteiger partial charge is 0.138 e. The molecule has 2 nitrogen and oxygen atoms in total. The predicted molar refractivity (Wildman–Crippen MR) is 98.1 cm³/mol. The highest BCUT2D eigenvalue weighted by Crippen LogP contribution is 2.33. The minimum Gasteiger partial charge on any atom is -0.492 e. The molecule has 1 unspecified atom stereocenters. The van der Waals surface area contributed by atoms with E-state index in [9.17, 15) is 0 Å². The van der Waals surface area contributed by atoms with Crippen LogP contribution in [0.1, 0.15) is 58.4 Å². The third-order valence-corrected chi connectivity index (χ3v) is 4.55. The molecule has 0 saturated carbocycles. The van der Waals surface area contributed by atoms with Gasteiger partial charge in [-0.15, -0.1) is 0 Å². The molecular formula is C17H27Br2NO. The first-order chi connectivity index (χ1) is 10.1. The lowest BCUT2D eigenvalue weighted by atomic mass is 10.1. The standard InChI is InChI=1S/C17H27Br2NO/c1-4-6-7-8-9-13(3)20-12-14-10-15(18)11-16(19)17(14)21-5-2/h10-11,13,20H,4-9,12H2,1-3H3. The third-order valence-electron chi connectivity index (χ3n) is 3.51. The van der Waals surface area contributed by atoms with Crippen LogP contribution in [-0.2, 0) is 6.54 Å². The molecule has 0 aromatic heterocycles. The first-order valence-electron chi connectivity index (χ1n) is 7.92. The predicted octanol–water partition coefficient (Wildman–Crippen LogP) is 6.06. The molecule has 0 bridgehead atoms. The van der Waals surface area contributed by atoms with Gasteiger partial charge in [-0.1, -0.05) is 48.5 Å². The van der Waals surface area contributed by atoms with Gasteiger partial charge in [-0.05, 0) is 48.3 Å². The van der Waals surface area contributed by atoms with Crippen molar-refractivity contribution in [2.24, 2.45) is 0 Å². The van der Waals surface area contributed by atoms with Crippen molar-refractivity contribution in [1.82, 2.24) is 5.32 Å². The lowest BCUT2D eigenvalue weighted by molar-refractivity contribution is 0.332. The summed E-state index contributed by atoms with van der Waals surface area (Å²) in [5.74, 6) is 0.950. The van der Waals surface area contributed by atoms with Crippen LogP contribution in [0.25, 0.3) is 0 Å². The molecule has 0 aliphatic carbocycles. The molecule has 1 rings (SSSR count). The number of unbranched alkanes of at least 4 members (excludes halogenated alkanes) is 3. The summed E-state index contributed by atoms with van der Waals surface area (Å²) >= 11 is 7.13. The molecule has 0 amide bonds. The van der Waals surface area contributed by atoms with Gasteiger partial charge in [0.15, 0.2) is 0 Å². The zero-order chi connectivity index (χ0) is 15.7. The van der Waals surface area contributed by atoms with Gasteiger partial charge in [0.2, 0.25) is 0 Å². The van der Waals surface area contributed by atoms with Gasteiger partial charge in [-0.2, -0.15) is 0 Å². The van der Waals surface area contributed by atoms with Crippen LogP contribution in [0.4, 0.5) is 0 Å². The molecule has 120 valence electrons. The van der Waals surface area contributed by atoms with Crippen LogP contribution in [-0.4, -0.2) is 12.6 Å². The molecule has 21 heavy (non-hydrogen) atoms. The van der Waals surface area contributed by atoms with E-state index in [-0.39, 0.29) is 0 Å². The molecule has 1 aromatic carbocycles. The number of rotatable bonds is 10. The molecule has 4 heteroatoms. The van der Waals surface area contributed by atoms with E-state index in [4.69, 9.17) is 4.74 Å². The summed E-state index contributed by atoms with van der Waals surface area (Å²) in [6, 6.07) is 4.70. The monoisotopic (exact) mass is 419 g/mol. The lowest BCUT2D eigenvalue weighted by Crippen LogP contribution is -2.25. The highest BCUT2D eigenvalue weighted by Gasteiger charge is 2.11. The Morgan fingerprint density at radius 2 is 1.90 bits per heavy atom. The van der Waals surface area contributed by atoms with Crippen molar-refractivity contribution in [3.63, 3.8) is 0 Å². The molecule has 0 aliphatic rings. The number of ether oxygens (including phenoxy) is 1. The van der Waals surface area contributed by atoms with Gasteiger partial charge < -0.3 is 10.1 Å². The molecule has 0 fully saturated rings. The van der Waals surface area contributed by atoms with E-state index in [1.807, 2.05) is 13.0 Å². The van der Waals surface area contributed by atoms with Crippen molar-refractivity contribution in [2.75, 3.05) is 6.61 Å². The fourth-order valence-electron chi connectivity index (χ4n) is 2.31. The summed E-state index contributed by atoms with van der Waals surface area (Å²) < 4.78 is 7.84. The minimum atomic E-state index is 0.536. The van der Waals surface area contributed by atoms with Crippen LogP contribution in [0.15, 0.2) is 21.1 Å². The fraction of sp³-hybridized carbons (Fsp3) is 0.647. The van der Waals surface area contributed by atoms with Crippen molar-refractivity contribution in [3.8, 4) is 5.75 Å². The second-order valence-corrected chi connectivity index (χ2v) is 7.21.